The van der Waals surface area contributed by atoms with E-state index in [-0.39, 0.29) is 17.5 Å². The molecule has 0 N–H and O–H groups in total. The first-order chi connectivity index (χ1) is 5.29. The second-order valence-corrected chi connectivity index (χ2v) is 4.64. The van der Waals surface area contributed by atoms with Gasteiger partial charge in [0.1, 0.15) is 6.10 Å². The molecule has 2 aliphatic rings. The highest BCUT2D eigenvalue weighted by atomic mass is 32.2. The molecule has 3 nitrogen and oxygen atoms in total. The van der Waals surface area contributed by atoms with E-state index >= 15 is 0 Å². The highest BCUT2D eigenvalue weighted by molar-refractivity contribution is 7.85. The summed E-state index contributed by atoms with van der Waals surface area (Å²) >= 11 is 0. The van der Waals surface area contributed by atoms with Gasteiger partial charge in [0.15, 0.2) is 0 Å². The summed E-state index contributed by atoms with van der Waals surface area (Å²) in [6.07, 6.45) is 3.03. The summed E-state index contributed by atoms with van der Waals surface area (Å²) in [5.74, 6) is 0. The molecule has 0 aromatic rings. The third-order valence-corrected chi connectivity index (χ3v) is 3.60. The SMILES string of the molecule is C[S@](=O)C1COC2CCOC21. The van der Waals surface area contributed by atoms with Crippen molar-refractivity contribution in [3.63, 3.8) is 0 Å². The summed E-state index contributed by atoms with van der Waals surface area (Å²) in [7, 11) is -0.802. The van der Waals surface area contributed by atoms with E-state index in [0.29, 0.717) is 6.61 Å². The van der Waals surface area contributed by atoms with Crippen molar-refractivity contribution >= 4 is 10.8 Å². The molecule has 2 fully saturated rings. The maximum Gasteiger partial charge on any atom is 0.100 e. The Balaban J connectivity index is 2.08. The van der Waals surface area contributed by atoms with E-state index in [1.54, 1.807) is 6.26 Å². The predicted molar refractivity (Wildman–Crippen MR) is 42.0 cm³/mol. The first-order valence-electron chi connectivity index (χ1n) is 3.84. The first kappa shape index (κ1) is 7.71. The van der Waals surface area contributed by atoms with Crippen LogP contribution in [0.4, 0.5) is 0 Å². The van der Waals surface area contributed by atoms with E-state index in [4.69, 9.17) is 9.47 Å². The lowest BCUT2D eigenvalue weighted by molar-refractivity contribution is 0.0737. The van der Waals surface area contributed by atoms with Crippen LogP contribution < -0.4 is 0 Å². The van der Waals surface area contributed by atoms with E-state index in [1.807, 2.05) is 0 Å². The van der Waals surface area contributed by atoms with Gasteiger partial charge in [-0.15, -0.1) is 0 Å². The van der Waals surface area contributed by atoms with Gasteiger partial charge in [0, 0.05) is 23.7 Å². The summed E-state index contributed by atoms with van der Waals surface area (Å²) in [6, 6.07) is 0. The molecule has 4 heteroatoms. The molecule has 64 valence electrons. The minimum atomic E-state index is -0.802. The molecule has 11 heavy (non-hydrogen) atoms. The molecule has 0 aromatic carbocycles. The van der Waals surface area contributed by atoms with Gasteiger partial charge >= 0.3 is 0 Å². The highest BCUT2D eigenvalue weighted by Gasteiger charge is 2.43. The highest BCUT2D eigenvalue weighted by Crippen LogP contribution is 2.28. The molecule has 2 rings (SSSR count). The molecule has 0 aliphatic carbocycles. The molecule has 3 unspecified atom stereocenters. The van der Waals surface area contributed by atoms with Crippen molar-refractivity contribution in [2.24, 2.45) is 0 Å². The van der Waals surface area contributed by atoms with Crippen LogP contribution in [-0.2, 0) is 20.3 Å². The van der Waals surface area contributed by atoms with Crippen molar-refractivity contribution in [3.8, 4) is 0 Å². The van der Waals surface area contributed by atoms with E-state index in [9.17, 15) is 4.21 Å². The van der Waals surface area contributed by atoms with E-state index in [2.05, 4.69) is 0 Å². The number of fused-ring (bicyclic) bond motifs is 1. The fourth-order valence-electron chi connectivity index (χ4n) is 1.71. The molecule has 2 heterocycles. The third kappa shape index (κ3) is 1.23. The zero-order valence-corrected chi connectivity index (χ0v) is 7.30. The van der Waals surface area contributed by atoms with Crippen molar-refractivity contribution in [3.05, 3.63) is 0 Å². The summed E-state index contributed by atoms with van der Waals surface area (Å²) in [6.45, 7) is 1.38. The summed E-state index contributed by atoms with van der Waals surface area (Å²) in [5, 5.41) is 0.113. The summed E-state index contributed by atoms with van der Waals surface area (Å²) < 4.78 is 22.0. The monoisotopic (exact) mass is 176 g/mol. The van der Waals surface area contributed by atoms with Gasteiger partial charge < -0.3 is 9.47 Å². The zero-order valence-electron chi connectivity index (χ0n) is 6.49. The zero-order chi connectivity index (χ0) is 7.84. The number of rotatable bonds is 1. The Morgan fingerprint density at radius 1 is 1.45 bits per heavy atom. The fourth-order valence-corrected chi connectivity index (χ4v) is 2.62. The molecule has 0 radical (unpaired) electrons. The summed E-state index contributed by atoms with van der Waals surface area (Å²) in [5.41, 5.74) is 0. The molecule has 0 aromatic heterocycles. The molecule has 2 saturated heterocycles. The Bertz CT molecular complexity index is 183. The standard InChI is InChI=1S/C7H12O3S/c1-11(8)6-4-10-5-2-3-9-7(5)6/h5-7H,2-4H2,1H3/t5?,6?,7?,11-/m0/s1. The molecule has 2 aliphatic heterocycles. The van der Waals surface area contributed by atoms with Gasteiger partial charge in [-0.05, 0) is 6.42 Å². The number of hydrogen-bond donors (Lipinski definition) is 0. The Kier molecular flexibility index (Phi) is 1.99. The van der Waals surface area contributed by atoms with E-state index in [1.165, 1.54) is 0 Å². The lowest BCUT2D eigenvalue weighted by atomic mass is 10.2. The maximum absolute atomic E-state index is 11.1. The van der Waals surface area contributed by atoms with Crippen molar-refractivity contribution in [2.45, 2.75) is 23.9 Å². The lowest BCUT2D eigenvalue weighted by Crippen LogP contribution is -2.30. The van der Waals surface area contributed by atoms with E-state index in [0.717, 1.165) is 13.0 Å². The van der Waals surface area contributed by atoms with Gasteiger partial charge in [-0.2, -0.15) is 0 Å². The van der Waals surface area contributed by atoms with Gasteiger partial charge in [0.25, 0.3) is 0 Å². The van der Waals surface area contributed by atoms with Gasteiger partial charge in [0.2, 0.25) is 0 Å². The van der Waals surface area contributed by atoms with Gasteiger partial charge in [-0.3, -0.25) is 4.21 Å². The van der Waals surface area contributed by atoms with Crippen LogP contribution >= 0.6 is 0 Å². The van der Waals surface area contributed by atoms with Crippen LogP contribution in [0, 0.1) is 0 Å². The average molecular weight is 176 g/mol. The predicted octanol–water partition coefficient (Wildman–Crippen LogP) is -0.0788. The van der Waals surface area contributed by atoms with Crippen molar-refractivity contribution < 1.29 is 13.7 Å². The smallest absolute Gasteiger partial charge is 0.100 e. The molecule has 0 spiro atoms. The van der Waals surface area contributed by atoms with E-state index < -0.39 is 10.8 Å². The summed E-state index contributed by atoms with van der Waals surface area (Å²) in [4.78, 5) is 0. The van der Waals surface area contributed by atoms with Crippen LogP contribution in [0.15, 0.2) is 0 Å². The first-order valence-corrected chi connectivity index (χ1v) is 5.46. The number of hydrogen-bond acceptors (Lipinski definition) is 3. The van der Waals surface area contributed by atoms with Crippen LogP contribution in [0.1, 0.15) is 6.42 Å². The molecule has 0 saturated carbocycles. The van der Waals surface area contributed by atoms with Gasteiger partial charge in [-0.1, -0.05) is 0 Å². The maximum atomic E-state index is 11.1. The Labute approximate surface area is 68.5 Å². The van der Waals surface area contributed by atoms with Crippen molar-refractivity contribution in [1.29, 1.82) is 0 Å². The quantitative estimate of drug-likeness (QED) is 0.560. The normalized spacial score (nSPS) is 45.7. The minimum Gasteiger partial charge on any atom is -0.374 e. The fraction of sp³-hybridized carbons (Fsp3) is 1.00. The van der Waals surface area contributed by atoms with Crippen LogP contribution in [0.3, 0.4) is 0 Å². The van der Waals surface area contributed by atoms with Gasteiger partial charge in [-0.25, -0.2) is 0 Å². The lowest BCUT2D eigenvalue weighted by Gasteiger charge is -2.12. The Morgan fingerprint density at radius 3 is 3.00 bits per heavy atom. The third-order valence-electron chi connectivity index (χ3n) is 2.35. The molecular weight excluding hydrogens is 164 g/mol. The topological polar surface area (TPSA) is 35.5 Å². The van der Waals surface area contributed by atoms with Crippen molar-refractivity contribution in [1.82, 2.24) is 0 Å². The second-order valence-electron chi connectivity index (χ2n) is 3.03. The van der Waals surface area contributed by atoms with Crippen LogP contribution in [-0.4, -0.2) is 41.1 Å². The van der Waals surface area contributed by atoms with Gasteiger partial charge in [0.05, 0.1) is 18.0 Å². The number of ether oxygens (including phenoxy) is 2. The largest absolute Gasteiger partial charge is 0.374 e. The van der Waals surface area contributed by atoms with Crippen LogP contribution in [0.5, 0.6) is 0 Å². The molecule has 0 bridgehead atoms. The van der Waals surface area contributed by atoms with Crippen LogP contribution in [0.25, 0.3) is 0 Å². The molecule has 4 atom stereocenters. The Morgan fingerprint density at radius 2 is 2.27 bits per heavy atom. The Hall–Kier alpha value is 0.0700. The molecular formula is C7H12O3S. The second kappa shape index (κ2) is 2.84. The molecule has 0 amide bonds. The minimum absolute atomic E-state index is 0.112. The average Bonchev–Trinajstić information content (AvgIpc) is 2.41. The van der Waals surface area contributed by atoms with Crippen molar-refractivity contribution in [2.75, 3.05) is 19.5 Å². The van der Waals surface area contributed by atoms with Crippen LogP contribution in [0.2, 0.25) is 0 Å².